The third-order valence-corrected chi connectivity index (χ3v) is 3.70. The molecule has 1 rings (SSSR count). The molecule has 3 N–H and O–H groups in total. The van der Waals surface area contributed by atoms with Crippen LogP contribution in [0.5, 0.6) is 0 Å². The van der Waals surface area contributed by atoms with Crippen molar-refractivity contribution in [3.8, 4) is 0 Å². The van der Waals surface area contributed by atoms with Gasteiger partial charge in [0.05, 0.1) is 5.25 Å². The SMILES string of the molecule is CC(C)(N)CC(=O)NS(=O)(=O)C1CC1. The molecule has 0 saturated heterocycles. The Morgan fingerprint density at radius 1 is 1.50 bits per heavy atom. The minimum atomic E-state index is -3.41. The van der Waals surface area contributed by atoms with Gasteiger partial charge >= 0.3 is 0 Å². The lowest BCUT2D eigenvalue weighted by Gasteiger charge is -2.17. The molecule has 0 unspecified atom stereocenters. The van der Waals surface area contributed by atoms with Gasteiger partial charge in [-0.25, -0.2) is 8.42 Å². The van der Waals surface area contributed by atoms with Crippen molar-refractivity contribution < 1.29 is 13.2 Å². The largest absolute Gasteiger partial charge is 0.325 e. The van der Waals surface area contributed by atoms with Gasteiger partial charge in [-0.2, -0.15) is 0 Å². The van der Waals surface area contributed by atoms with Crippen LogP contribution in [0.3, 0.4) is 0 Å². The maximum atomic E-state index is 11.3. The summed E-state index contributed by atoms with van der Waals surface area (Å²) in [7, 11) is -3.41. The first-order valence-corrected chi connectivity index (χ1v) is 6.09. The van der Waals surface area contributed by atoms with Crippen molar-refractivity contribution in [2.75, 3.05) is 0 Å². The van der Waals surface area contributed by atoms with Crippen molar-refractivity contribution >= 4 is 15.9 Å². The Morgan fingerprint density at radius 2 is 2.00 bits per heavy atom. The lowest BCUT2D eigenvalue weighted by molar-refractivity contribution is -0.120. The van der Waals surface area contributed by atoms with Crippen LogP contribution in [0.1, 0.15) is 33.1 Å². The smallest absolute Gasteiger partial charge is 0.237 e. The molecule has 0 bridgehead atoms. The third kappa shape index (κ3) is 3.63. The predicted octanol–water partition coefficient (Wildman–Crippen LogP) is -0.278. The van der Waals surface area contributed by atoms with Gasteiger partial charge in [-0.15, -0.1) is 0 Å². The highest BCUT2D eigenvalue weighted by Gasteiger charge is 2.37. The number of amides is 1. The molecule has 82 valence electrons. The van der Waals surface area contributed by atoms with Crippen LogP contribution < -0.4 is 10.5 Å². The van der Waals surface area contributed by atoms with Gasteiger partial charge in [-0.3, -0.25) is 9.52 Å². The van der Waals surface area contributed by atoms with Crippen LogP contribution >= 0.6 is 0 Å². The number of carbonyl (C=O) groups is 1. The lowest BCUT2D eigenvalue weighted by atomic mass is 10.0. The number of hydrogen-bond acceptors (Lipinski definition) is 4. The third-order valence-electron chi connectivity index (χ3n) is 1.84. The summed E-state index contributed by atoms with van der Waals surface area (Å²) in [6, 6.07) is 0. The molecule has 1 fully saturated rings. The second kappa shape index (κ2) is 3.51. The Kier molecular flexibility index (Phi) is 2.87. The quantitative estimate of drug-likeness (QED) is 0.682. The molecular weight excluding hydrogens is 204 g/mol. The van der Waals surface area contributed by atoms with Crippen LogP contribution in [-0.2, 0) is 14.8 Å². The molecule has 0 aromatic heterocycles. The van der Waals surface area contributed by atoms with E-state index >= 15 is 0 Å². The first kappa shape index (κ1) is 11.5. The van der Waals surface area contributed by atoms with Crippen molar-refractivity contribution in [1.29, 1.82) is 0 Å². The fraction of sp³-hybridized carbons (Fsp3) is 0.875. The summed E-state index contributed by atoms with van der Waals surface area (Å²) in [6.07, 6.45) is 1.31. The molecule has 0 radical (unpaired) electrons. The summed E-state index contributed by atoms with van der Waals surface area (Å²) in [5.74, 6) is -0.524. The van der Waals surface area contributed by atoms with Crippen molar-refractivity contribution in [3.63, 3.8) is 0 Å². The monoisotopic (exact) mass is 220 g/mol. The fourth-order valence-corrected chi connectivity index (χ4v) is 2.38. The van der Waals surface area contributed by atoms with Crippen LogP contribution in [0.15, 0.2) is 0 Å². The molecule has 0 atom stereocenters. The number of carbonyl (C=O) groups excluding carboxylic acids is 1. The Bertz CT molecular complexity index is 325. The zero-order chi connectivity index (χ0) is 11.0. The van der Waals surface area contributed by atoms with Crippen molar-refractivity contribution in [1.82, 2.24) is 4.72 Å². The van der Waals surface area contributed by atoms with Crippen molar-refractivity contribution in [3.05, 3.63) is 0 Å². The maximum absolute atomic E-state index is 11.3. The average molecular weight is 220 g/mol. The Balaban J connectivity index is 2.48. The predicted molar refractivity (Wildman–Crippen MR) is 53.0 cm³/mol. The van der Waals surface area contributed by atoms with Gasteiger partial charge in [0, 0.05) is 12.0 Å². The van der Waals surface area contributed by atoms with Crippen LogP contribution in [0.4, 0.5) is 0 Å². The topological polar surface area (TPSA) is 89.3 Å². The van der Waals surface area contributed by atoms with E-state index in [4.69, 9.17) is 5.73 Å². The normalized spacial score (nSPS) is 17.9. The molecule has 1 aliphatic rings. The lowest BCUT2D eigenvalue weighted by Crippen LogP contribution is -2.41. The molecule has 6 heteroatoms. The first-order chi connectivity index (χ1) is 6.21. The van der Waals surface area contributed by atoms with E-state index in [2.05, 4.69) is 0 Å². The van der Waals surface area contributed by atoms with E-state index in [1.807, 2.05) is 4.72 Å². The minimum absolute atomic E-state index is 0.0128. The molecule has 0 aromatic rings. The molecule has 14 heavy (non-hydrogen) atoms. The van der Waals surface area contributed by atoms with Crippen LogP contribution in [-0.4, -0.2) is 25.1 Å². The second-order valence-corrected chi connectivity index (χ2v) is 6.40. The van der Waals surface area contributed by atoms with Crippen LogP contribution in [0.25, 0.3) is 0 Å². The molecule has 5 nitrogen and oxygen atoms in total. The molecule has 0 aromatic carbocycles. The van der Waals surface area contributed by atoms with Gasteiger partial charge in [0.15, 0.2) is 0 Å². The fourth-order valence-electron chi connectivity index (χ4n) is 1.07. The van der Waals surface area contributed by atoms with Crippen LogP contribution in [0.2, 0.25) is 0 Å². The summed E-state index contributed by atoms with van der Waals surface area (Å²) in [5, 5.41) is -0.368. The Labute approximate surface area is 84.1 Å². The number of nitrogens with one attached hydrogen (secondary N) is 1. The highest BCUT2D eigenvalue weighted by atomic mass is 32.2. The highest BCUT2D eigenvalue weighted by molar-refractivity contribution is 7.90. The summed E-state index contributed by atoms with van der Waals surface area (Å²) < 4.78 is 24.7. The summed E-state index contributed by atoms with van der Waals surface area (Å²) in [6.45, 7) is 3.35. The van der Waals surface area contributed by atoms with E-state index in [9.17, 15) is 13.2 Å². The molecule has 1 aliphatic carbocycles. The van der Waals surface area contributed by atoms with Gasteiger partial charge in [0.2, 0.25) is 15.9 Å². The van der Waals surface area contributed by atoms with Crippen molar-refractivity contribution in [2.24, 2.45) is 5.73 Å². The average Bonchev–Trinajstić information content (AvgIpc) is 2.57. The molecular formula is C8H16N2O3S. The highest BCUT2D eigenvalue weighted by Crippen LogP contribution is 2.27. The molecule has 1 saturated carbocycles. The van der Waals surface area contributed by atoms with Gasteiger partial charge in [0.1, 0.15) is 0 Å². The summed E-state index contributed by atoms with van der Waals surface area (Å²) >= 11 is 0. The van der Waals surface area contributed by atoms with E-state index in [0.29, 0.717) is 12.8 Å². The van der Waals surface area contributed by atoms with E-state index in [-0.39, 0.29) is 11.7 Å². The van der Waals surface area contributed by atoms with Gasteiger partial charge in [-0.05, 0) is 26.7 Å². The van der Waals surface area contributed by atoms with Crippen molar-refractivity contribution in [2.45, 2.75) is 43.9 Å². The Morgan fingerprint density at radius 3 is 2.36 bits per heavy atom. The molecule has 0 heterocycles. The minimum Gasteiger partial charge on any atom is -0.325 e. The van der Waals surface area contributed by atoms with Crippen LogP contribution in [0, 0.1) is 0 Å². The van der Waals surface area contributed by atoms with E-state index < -0.39 is 21.5 Å². The zero-order valence-corrected chi connectivity index (χ0v) is 9.23. The standard InChI is InChI=1S/C8H16N2O3S/c1-8(2,9)5-7(11)10-14(12,13)6-3-4-6/h6H,3-5,9H2,1-2H3,(H,10,11). The molecule has 0 spiro atoms. The number of nitrogens with two attached hydrogens (primary N) is 1. The molecule has 1 amide bonds. The van der Waals surface area contributed by atoms with E-state index in [1.54, 1.807) is 13.8 Å². The first-order valence-electron chi connectivity index (χ1n) is 4.54. The number of rotatable bonds is 4. The summed E-state index contributed by atoms with van der Waals surface area (Å²) in [4.78, 5) is 11.2. The maximum Gasteiger partial charge on any atom is 0.237 e. The molecule has 0 aliphatic heterocycles. The van der Waals surface area contributed by atoms with Gasteiger partial charge in [0.25, 0.3) is 0 Å². The number of sulfonamides is 1. The van der Waals surface area contributed by atoms with E-state index in [1.165, 1.54) is 0 Å². The van der Waals surface area contributed by atoms with Gasteiger partial charge < -0.3 is 5.73 Å². The summed E-state index contributed by atoms with van der Waals surface area (Å²) in [5.41, 5.74) is 4.91. The number of hydrogen-bond donors (Lipinski definition) is 2. The van der Waals surface area contributed by atoms with E-state index in [0.717, 1.165) is 0 Å². The van der Waals surface area contributed by atoms with Gasteiger partial charge in [-0.1, -0.05) is 0 Å². The Hall–Kier alpha value is -0.620. The second-order valence-electron chi connectivity index (χ2n) is 4.43. The zero-order valence-electron chi connectivity index (χ0n) is 8.41.